The molecule has 1 fully saturated rings. The molecule has 1 unspecified atom stereocenters. The first kappa shape index (κ1) is 17.6. The number of rotatable bonds is 5. The Morgan fingerprint density at radius 1 is 1.33 bits per heavy atom. The summed E-state index contributed by atoms with van der Waals surface area (Å²) < 4.78 is 11.0. The van der Waals surface area contributed by atoms with Gasteiger partial charge in [0.2, 0.25) is 0 Å². The van der Waals surface area contributed by atoms with Crippen LogP contribution in [0, 0.1) is 0 Å². The van der Waals surface area contributed by atoms with Crippen molar-refractivity contribution < 1.29 is 14.3 Å². The van der Waals surface area contributed by atoms with E-state index in [0.717, 1.165) is 19.4 Å². The number of carbonyl (C=O) groups is 1. The van der Waals surface area contributed by atoms with E-state index in [-0.39, 0.29) is 31.0 Å². The SMILES string of the molecule is CCOc1ccccc1OCC(=O)N1CCCC(N)C1.Cl. The second kappa shape index (κ2) is 8.74. The smallest absolute Gasteiger partial charge is 0.260 e. The van der Waals surface area contributed by atoms with Crippen molar-refractivity contribution in [3.8, 4) is 11.5 Å². The topological polar surface area (TPSA) is 64.8 Å². The molecular formula is C15H23ClN2O3. The fourth-order valence-corrected chi connectivity index (χ4v) is 2.31. The van der Waals surface area contributed by atoms with Gasteiger partial charge in [-0.05, 0) is 31.9 Å². The molecule has 1 heterocycles. The number of para-hydroxylation sites is 2. The van der Waals surface area contributed by atoms with Crippen molar-refractivity contribution in [3.63, 3.8) is 0 Å². The highest BCUT2D eigenvalue weighted by Crippen LogP contribution is 2.26. The molecule has 1 aliphatic heterocycles. The number of halogens is 1. The quantitative estimate of drug-likeness (QED) is 0.900. The van der Waals surface area contributed by atoms with Gasteiger partial charge in [-0.15, -0.1) is 12.4 Å². The van der Waals surface area contributed by atoms with E-state index < -0.39 is 0 Å². The third-order valence-electron chi connectivity index (χ3n) is 3.31. The lowest BCUT2D eigenvalue weighted by molar-refractivity contribution is -0.134. The summed E-state index contributed by atoms with van der Waals surface area (Å²) >= 11 is 0. The van der Waals surface area contributed by atoms with E-state index in [9.17, 15) is 4.79 Å². The summed E-state index contributed by atoms with van der Waals surface area (Å²) in [6.07, 6.45) is 1.94. The number of hydrogen-bond donors (Lipinski definition) is 1. The number of amides is 1. The zero-order chi connectivity index (χ0) is 14.4. The molecule has 1 amide bonds. The van der Waals surface area contributed by atoms with E-state index in [2.05, 4.69) is 0 Å². The molecule has 1 aliphatic rings. The summed E-state index contributed by atoms with van der Waals surface area (Å²) in [5, 5.41) is 0. The van der Waals surface area contributed by atoms with Gasteiger partial charge in [0.25, 0.3) is 5.91 Å². The largest absolute Gasteiger partial charge is 0.490 e. The Labute approximate surface area is 131 Å². The normalized spacial score (nSPS) is 17.8. The van der Waals surface area contributed by atoms with Crippen molar-refractivity contribution in [2.45, 2.75) is 25.8 Å². The molecule has 0 aliphatic carbocycles. The molecule has 1 saturated heterocycles. The predicted octanol–water partition coefficient (Wildman–Crippen LogP) is 1.84. The average Bonchev–Trinajstić information content (AvgIpc) is 2.46. The maximum Gasteiger partial charge on any atom is 0.260 e. The van der Waals surface area contributed by atoms with Gasteiger partial charge in [-0.25, -0.2) is 0 Å². The maximum atomic E-state index is 12.1. The Kier molecular flexibility index (Phi) is 7.32. The van der Waals surface area contributed by atoms with E-state index in [0.29, 0.717) is 24.7 Å². The first-order valence-corrected chi connectivity index (χ1v) is 7.08. The molecule has 21 heavy (non-hydrogen) atoms. The molecule has 6 heteroatoms. The van der Waals surface area contributed by atoms with Crippen molar-refractivity contribution in [3.05, 3.63) is 24.3 Å². The highest BCUT2D eigenvalue weighted by atomic mass is 35.5. The minimum Gasteiger partial charge on any atom is -0.490 e. The molecule has 0 bridgehead atoms. The number of ether oxygens (including phenoxy) is 2. The van der Waals surface area contributed by atoms with Crippen LogP contribution in [0.15, 0.2) is 24.3 Å². The second-order valence-electron chi connectivity index (χ2n) is 4.91. The Bertz CT molecular complexity index is 456. The fraction of sp³-hybridized carbons (Fsp3) is 0.533. The van der Waals surface area contributed by atoms with Gasteiger partial charge in [0.05, 0.1) is 6.61 Å². The van der Waals surface area contributed by atoms with Gasteiger partial charge < -0.3 is 20.1 Å². The Morgan fingerprint density at radius 3 is 2.62 bits per heavy atom. The molecule has 2 rings (SSSR count). The number of benzene rings is 1. The average molecular weight is 315 g/mol. The van der Waals surface area contributed by atoms with Gasteiger partial charge >= 0.3 is 0 Å². The first-order chi connectivity index (χ1) is 9.70. The van der Waals surface area contributed by atoms with Crippen LogP contribution in [0.5, 0.6) is 11.5 Å². The molecule has 0 spiro atoms. The Balaban J connectivity index is 0.00000220. The standard InChI is InChI=1S/C15H22N2O3.ClH/c1-2-19-13-7-3-4-8-14(13)20-11-15(18)17-9-5-6-12(16)10-17;/h3-4,7-8,12H,2,5-6,9-11,16H2,1H3;1H. The number of nitrogens with two attached hydrogens (primary N) is 1. The number of nitrogens with zero attached hydrogens (tertiary/aromatic N) is 1. The van der Waals surface area contributed by atoms with E-state index in [1.807, 2.05) is 25.1 Å². The summed E-state index contributed by atoms with van der Waals surface area (Å²) in [7, 11) is 0. The van der Waals surface area contributed by atoms with E-state index in [1.165, 1.54) is 0 Å². The van der Waals surface area contributed by atoms with Gasteiger partial charge in [0.15, 0.2) is 18.1 Å². The predicted molar refractivity (Wildman–Crippen MR) is 84.1 cm³/mol. The monoisotopic (exact) mass is 314 g/mol. The highest BCUT2D eigenvalue weighted by molar-refractivity contribution is 5.85. The molecular weight excluding hydrogens is 292 g/mol. The number of carbonyl (C=O) groups excluding carboxylic acids is 1. The third kappa shape index (κ3) is 5.10. The van der Waals surface area contributed by atoms with Crippen molar-refractivity contribution in [1.82, 2.24) is 4.90 Å². The third-order valence-corrected chi connectivity index (χ3v) is 3.31. The van der Waals surface area contributed by atoms with Crippen LogP contribution in [-0.2, 0) is 4.79 Å². The van der Waals surface area contributed by atoms with E-state index in [4.69, 9.17) is 15.2 Å². The van der Waals surface area contributed by atoms with Crippen LogP contribution in [0.1, 0.15) is 19.8 Å². The zero-order valence-corrected chi connectivity index (χ0v) is 13.1. The lowest BCUT2D eigenvalue weighted by Crippen LogP contribution is -2.47. The number of likely N-dealkylation sites (tertiary alicyclic amines) is 1. The number of hydrogen-bond acceptors (Lipinski definition) is 4. The minimum absolute atomic E-state index is 0. The maximum absolute atomic E-state index is 12.1. The summed E-state index contributed by atoms with van der Waals surface area (Å²) in [5.74, 6) is 1.24. The Morgan fingerprint density at radius 2 is 2.00 bits per heavy atom. The van der Waals surface area contributed by atoms with Crippen LogP contribution < -0.4 is 15.2 Å². The summed E-state index contributed by atoms with van der Waals surface area (Å²) in [4.78, 5) is 13.9. The molecule has 1 aromatic carbocycles. The van der Waals surface area contributed by atoms with Crippen LogP contribution in [-0.4, -0.2) is 43.2 Å². The summed E-state index contributed by atoms with van der Waals surface area (Å²) in [6, 6.07) is 7.46. The van der Waals surface area contributed by atoms with Crippen molar-refractivity contribution in [2.75, 3.05) is 26.3 Å². The highest BCUT2D eigenvalue weighted by Gasteiger charge is 2.21. The van der Waals surface area contributed by atoms with Gasteiger partial charge in [-0.2, -0.15) is 0 Å². The first-order valence-electron chi connectivity index (χ1n) is 7.08. The van der Waals surface area contributed by atoms with Crippen molar-refractivity contribution in [2.24, 2.45) is 5.73 Å². The van der Waals surface area contributed by atoms with E-state index >= 15 is 0 Å². The molecule has 0 aromatic heterocycles. The second-order valence-corrected chi connectivity index (χ2v) is 4.91. The fourth-order valence-electron chi connectivity index (χ4n) is 2.31. The van der Waals surface area contributed by atoms with Crippen LogP contribution >= 0.6 is 12.4 Å². The summed E-state index contributed by atoms with van der Waals surface area (Å²) in [6.45, 7) is 3.89. The molecule has 1 atom stereocenters. The zero-order valence-electron chi connectivity index (χ0n) is 12.3. The lowest BCUT2D eigenvalue weighted by atomic mass is 10.1. The molecule has 0 radical (unpaired) electrons. The van der Waals surface area contributed by atoms with Crippen molar-refractivity contribution >= 4 is 18.3 Å². The minimum atomic E-state index is -0.0218. The van der Waals surface area contributed by atoms with Crippen LogP contribution in [0.4, 0.5) is 0 Å². The van der Waals surface area contributed by atoms with Crippen molar-refractivity contribution in [1.29, 1.82) is 0 Å². The van der Waals surface area contributed by atoms with Crippen LogP contribution in [0.2, 0.25) is 0 Å². The van der Waals surface area contributed by atoms with Gasteiger partial charge in [0.1, 0.15) is 0 Å². The molecule has 1 aromatic rings. The molecule has 118 valence electrons. The summed E-state index contributed by atoms with van der Waals surface area (Å²) in [5.41, 5.74) is 5.88. The number of piperidine rings is 1. The van der Waals surface area contributed by atoms with Gasteiger partial charge in [-0.1, -0.05) is 12.1 Å². The van der Waals surface area contributed by atoms with Gasteiger partial charge in [-0.3, -0.25) is 4.79 Å². The molecule has 2 N–H and O–H groups in total. The van der Waals surface area contributed by atoms with Crippen LogP contribution in [0.3, 0.4) is 0 Å². The van der Waals surface area contributed by atoms with Crippen LogP contribution in [0.25, 0.3) is 0 Å². The molecule has 5 nitrogen and oxygen atoms in total. The van der Waals surface area contributed by atoms with E-state index in [1.54, 1.807) is 11.0 Å². The van der Waals surface area contributed by atoms with Gasteiger partial charge in [0, 0.05) is 19.1 Å². The molecule has 0 saturated carbocycles. The lowest BCUT2D eigenvalue weighted by Gasteiger charge is -2.30. The Hall–Kier alpha value is -1.46.